The second-order valence-corrected chi connectivity index (χ2v) is 4.24. The molecule has 1 atom stereocenters. The van der Waals surface area contributed by atoms with Crippen LogP contribution in [0.1, 0.15) is 30.0 Å². The van der Waals surface area contributed by atoms with Gasteiger partial charge >= 0.3 is 5.97 Å². The van der Waals surface area contributed by atoms with E-state index in [4.69, 9.17) is 9.84 Å². The molecule has 0 amide bonds. The summed E-state index contributed by atoms with van der Waals surface area (Å²) in [6, 6.07) is 6.21. The molecule has 17 heavy (non-hydrogen) atoms. The third-order valence-corrected chi connectivity index (χ3v) is 3.16. The second-order valence-electron chi connectivity index (χ2n) is 4.24. The maximum atomic E-state index is 10.5. The highest BCUT2D eigenvalue weighted by atomic mass is 16.5. The van der Waals surface area contributed by atoms with E-state index in [1.807, 2.05) is 19.2 Å². The zero-order valence-electron chi connectivity index (χ0n) is 9.90. The molecule has 1 aromatic rings. The van der Waals surface area contributed by atoms with E-state index in [1.165, 1.54) is 5.56 Å². The van der Waals surface area contributed by atoms with Crippen molar-refractivity contribution in [2.24, 2.45) is 0 Å². The van der Waals surface area contributed by atoms with Crippen molar-refractivity contribution in [1.29, 1.82) is 0 Å². The number of hydrogen-bond acceptors (Lipinski definition) is 3. The maximum Gasteiger partial charge on any atom is 0.341 e. The minimum atomic E-state index is -0.941. The lowest BCUT2D eigenvalue weighted by Crippen LogP contribution is -2.22. The molecule has 2 rings (SSSR count). The van der Waals surface area contributed by atoms with Gasteiger partial charge in [-0.1, -0.05) is 12.1 Å². The summed E-state index contributed by atoms with van der Waals surface area (Å²) < 4.78 is 5.33. The molecule has 1 aliphatic carbocycles. The van der Waals surface area contributed by atoms with Crippen LogP contribution >= 0.6 is 0 Å². The first-order valence-electron chi connectivity index (χ1n) is 5.86. The summed E-state index contributed by atoms with van der Waals surface area (Å²) in [4.78, 5) is 10.5. The molecule has 2 N–H and O–H groups in total. The Morgan fingerprint density at radius 3 is 3.12 bits per heavy atom. The minimum absolute atomic E-state index is 0.277. The molecule has 0 bridgehead atoms. The molecule has 0 heterocycles. The number of ether oxygens (including phenoxy) is 1. The normalized spacial score (nSPS) is 18.5. The van der Waals surface area contributed by atoms with Crippen molar-refractivity contribution in [3.05, 3.63) is 29.3 Å². The Labute approximate surface area is 101 Å². The van der Waals surface area contributed by atoms with Crippen LogP contribution in [-0.4, -0.2) is 24.7 Å². The van der Waals surface area contributed by atoms with Gasteiger partial charge in [0.15, 0.2) is 6.61 Å². The Morgan fingerprint density at radius 2 is 2.41 bits per heavy atom. The highest BCUT2D eigenvalue weighted by molar-refractivity contribution is 5.68. The topological polar surface area (TPSA) is 58.6 Å². The van der Waals surface area contributed by atoms with Crippen molar-refractivity contribution < 1.29 is 14.6 Å². The van der Waals surface area contributed by atoms with Crippen LogP contribution < -0.4 is 10.1 Å². The SMILES string of the molecule is CNC1CCCc2c(OCC(=O)O)cccc21. The summed E-state index contributed by atoms with van der Waals surface area (Å²) in [5, 5.41) is 11.9. The summed E-state index contributed by atoms with van der Waals surface area (Å²) in [6.07, 6.45) is 3.18. The average molecular weight is 235 g/mol. The average Bonchev–Trinajstić information content (AvgIpc) is 2.35. The van der Waals surface area contributed by atoms with E-state index in [-0.39, 0.29) is 6.61 Å². The fourth-order valence-electron chi connectivity index (χ4n) is 2.39. The number of aliphatic carboxylic acids is 1. The van der Waals surface area contributed by atoms with E-state index >= 15 is 0 Å². The Balaban J connectivity index is 2.26. The van der Waals surface area contributed by atoms with Crippen molar-refractivity contribution in [2.75, 3.05) is 13.7 Å². The molecule has 0 spiro atoms. The molecule has 0 aromatic heterocycles. The third kappa shape index (κ3) is 2.58. The number of fused-ring (bicyclic) bond motifs is 1. The standard InChI is InChI=1S/C13H17NO3/c1-14-11-6-2-5-10-9(11)4-3-7-12(10)17-8-13(15)16/h3-4,7,11,14H,2,5-6,8H2,1H3,(H,15,16). The van der Waals surface area contributed by atoms with Gasteiger partial charge in [0.05, 0.1) is 0 Å². The van der Waals surface area contributed by atoms with Crippen LogP contribution in [0.15, 0.2) is 18.2 Å². The lowest BCUT2D eigenvalue weighted by Gasteiger charge is -2.26. The van der Waals surface area contributed by atoms with Gasteiger partial charge < -0.3 is 15.2 Å². The molecule has 0 aliphatic heterocycles. The largest absolute Gasteiger partial charge is 0.482 e. The van der Waals surface area contributed by atoms with E-state index in [1.54, 1.807) is 0 Å². The van der Waals surface area contributed by atoms with Crippen LogP contribution in [0.25, 0.3) is 0 Å². The Kier molecular flexibility index (Phi) is 3.64. The zero-order chi connectivity index (χ0) is 12.3. The van der Waals surface area contributed by atoms with Crippen LogP contribution in [0.4, 0.5) is 0 Å². The lowest BCUT2D eigenvalue weighted by atomic mass is 9.87. The number of carbonyl (C=O) groups is 1. The van der Waals surface area contributed by atoms with E-state index in [2.05, 4.69) is 11.4 Å². The fourth-order valence-corrected chi connectivity index (χ4v) is 2.39. The molecule has 1 aliphatic rings. The highest BCUT2D eigenvalue weighted by Gasteiger charge is 2.21. The summed E-state index contributed by atoms with van der Waals surface area (Å²) in [6.45, 7) is -0.277. The van der Waals surface area contributed by atoms with Gasteiger partial charge in [-0.05, 0) is 43.5 Å². The van der Waals surface area contributed by atoms with E-state index < -0.39 is 5.97 Å². The smallest absolute Gasteiger partial charge is 0.341 e. The first-order chi connectivity index (χ1) is 8.22. The number of carboxylic acids is 1. The Hall–Kier alpha value is -1.55. The van der Waals surface area contributed by atoms with Crippen LogP contribution in [0, 0.1) is 0 Å². The predicted octanol–water partition coefficient (Wildman–Crippen LogP) is 1.75. The molecule has 0 radical (unpaired) electrons. The fraction of sp³-hybridized carbons (Fsp3) is 0.462. The van der Waals surface area contributed by atoms with Gasteiger partial charge in [0.25, 0.3) is 0 Å². The summed E-state index contributed by atoms with van der Waals surface area (Å²) in [5.41, 5.74) is 2.39. The number of rotatable bonds is 4. The second kappa shape index (κ2) is 5.19. The van der Waals surface area contributed by atoms with Gasteiger partial charge in [-0.15, -0.1) is 0 Å². The molecule has 1 aromatic carbocycles. The molecule has 4 heteroatoms. The maximum absolute atomic E-state index is 10.5. The quantitative estimate of drug-likeness (QED) is 0.834. The van der Waals surface area contributed by atoms with Gasteiger partial charge in [0.2, 0.25) is 0 Å². The summed E-state index contributed by atoms with van der Waals surface area (Å²) in [7, 11) is 1.95. The van der Waals surface area contributed by atoms with Gasteiger partial charge in [-0.25, -0.2) is 4.79 Å². The van der Waals surface area contributed by atoms with E-state index in [0.29, 0.717) is 11.8 Å². The first-order valence-corrected chi connectivity index (χ1v) is 5.86. The molecule has 0 fully saturated rings. The molecule has 0 saturated heterocycles. The van der Waals surface area contributed by atoms with Crippen molar-refractivity contribution >= 4 is 5.97 Å². The summed E-state index contributed by atoms with van der Waals surface area (Å²) in [5.74, 6) is -0.228. The van der Waals surface area contributed by atoms with Gasteiger partial charge in [0, 0.05) is 6.04 Å². The molecule has 4 nitrogen and oxygen atoms in total. The molecular formula is C13H17NO3. The number of hydrogen-bond donors (Lipinski definition) is 2. The molecule has 0 saturated carbocycles. The number of nitrogens with one attached hydrogen (secondary N) is 1. The van der Waals surface area contributed by atoms with Crippen LogP contribution in [0.2, 0.25) is 0 Å². The van der Waals surface area contributed by atoms with Crippen molar-refractivity contribution in [3.8, 4) is 5.75 Å². The van der Waals surface area contributed by atoms with Gasteiger partial charge in [-0.3, -0.25) is 0 Å². The lowest BCUT2D eigenvalue weighted by molar-refractivity contribution is -0.139. The molecule has 92 valence electrons. The van der Waals surface area contributed by atoms with E-state index in [9.17, 15) is 4.79 Å². The molecule has 1 unspecified atom stereocenters. The highest BCUT2D eigenvalue weighted by Crippen LogP contribution is 2.34. The van der Waals surface area contributed by atoms with Crippen LogP contribution in [0.5, 0.6) is 5.75 Å². The van der Waals surface area contributed by atoms with Gasteiger partial charge in [-0.2, -0.15) is 0 Å². The summed E-state index contributed by atoms with van der Waals surface area (Å²) >= 11 is 0. The Bertz CT molecular complexity index is 417. The molecular weight excluding hydrogens is 218 g/mol. The number of carboxylic acid groups (broad SMARTS) is 1. The third-order valence-electron chi connectivity index (χ3n) is 3.16. The monoisotopic (exact) mass is 235 g/mol. The van der Waals surface area contributed by atoms with Crippen molar-refractivity contribution in [3.63, 3.8) is 0 Å². The van der Waals surface area contributed by atoms with Crippen molar-refractivity contribution in [2.45, 2.75) is 25.3 Å². The number of benzene rings is 1. The Morgan fingerprint density at radius 1 is 1.59 bits per heavy atom. The van der Waals surface area contributed by atoms with Crippen LogP contribution in [0.3, 0.4) is 0 Å². The van der Waals surface area contributed by atoms with Crippen molar-refractivity contribution in [1.82, 2.24) is 5.32 Å². The first kappa shape index (κ1) is 11.9. The van der Waals surface area contributed by atoms with Gasteiger partial charge in [0.1, 0.15) is 5.75 Å². The van der Waals surface area contributed by atoms with E-state index in [0.717, 1.165) is 24.8 Å². The zero-order valence-corrected chi connectivity index (χ0v) is 9.90. The minimum Gasteiger partial charge on any atom is -0.482 e. The predicted molar refractivity (Wildman–Crippen MR) is 64.3 cm³/mol. The van der Waals surface area contributed by atoms with Crippen LogP contribution in [-0.2, 0) is 11.2 Å².